The zero-order valence-corrected chi connectivity index (χ0v) is 65.9. The van der Waals surface area contributed by atoms with Crippen LogP contribution in [0.15, 0.2) is 59.7 Å². The molecule has 2 aromatic carbocycles. The van der Waals surface area contributed by atoms with Crippen LogP contribution in [0.4, 0.5) is 0 Å². The molecule has 10 nitrogen and oxygen atoms in total. The van der Waals surface area contributed by atoms with E-state index in [4.69, 9.17) is 0 Å². The van der Waals surface area contributed by atoms with Crippen molar-refractivity contribution in [1.82, 2.24) is 0 Å². The molecule has 11 heteroatoms. The van der Waals surface area contributed by atoms with E-state index in [0.29, 0.717) is 52.1 Å². The number of allylic oxidation sites excluding steroid dienone is 2. The van der Waals surface area contributed by atoms with Gasteiger partial charge in [0.2, 0.25) is 11.4 Å². The van der Waals surface area contributed by atoms with Crippen molar-refractivity contribution in [2.75, 3.05) is 13.2 Å². The van der Waals surface area contributed by atoms with Gasteiger partial charge in [0.15, 0.2) is 0 Å². The van der Waals surface area contributed by atoms with Crippen LogP contribution in [0.25, 0.3) is 16.9 Å². The second-order valence-corrected chi connectivity index (χ2v) is 29.1. The summed E-state index contributed by atoms with van der Waals surface area (Å²) in [5.74, 6) is 6.89. The summed E-state index contributed by atoms with van der Waals surface area (Å²) in [7, 11) is 0. The molecular weight excluding hydrogens is 1320 g/mol. The molecule has 3 rings (SSSR count). The van der Waals surface area contributed by atoms with Gasteiger partial charge in [-0.05, 0) is 54.7 Å². The van der Waals surface area contributed by atoms with Gasteiger partial charge in [0, 0.05) is 36.0 Å². The van der Waals surface area contributed by atoms with Crippen molar-refractivity contribution in [3.05, 3.63) is 101 Å². The van der Waals surface area contributed by atoms with Gasteiger partial charge in [0.05, 0.1) is 25.4 Å². The normalized spacial score (nSPS) is 14.0. The number of benzene rings is 2. The van der Waals surface area contributed by atoms with E-state index in [1.807, 2.05) is 30.3 Å². The van der Waals surface area contributed by atoms with Gasteiger partial charge in [-0.15, -0.1) is 0 Å². The molecule has 2 aromatic rings. The maximum Gasteiger partial charge on any atom is 2.00 e. The minimum atomic E-state index is -1.55. The monoisotopic (exact) mass is 1470 g/mol. The number of hydrogen-bond acceptors (Lipinski definition) is 8. The molecule has 0 spiro atoms. The smallest absolute Gasteiger partial charge is 0.493 e. The number of nitrogens with zero attached hydrogens (tertiary/aromatic N) is 2. The summed E-state index contributed by atoms with van der Waals surface area (Å²) >= 11 is 0. The number of aliphatic hydroxyl groups excluding tert-OH is 8. The minimum absolute atomic E-state index is 0. The molecule has 6 unspecified atom stereocenters. The maximum atomic E-state index is 12.2. The molecule has 6 atom stereocenters. The summed E-state index contributed by atoms with van der Waals surface area (Å²) in [6.07, 6.45) is 63.4. The molecule has 99 heavy (non-hydrogen) atoms. The van der Waals surface area contributed by atoms with Crippen molar-refractivity contribution in [2.24, 2.45) is 0 Å². The summed E-state index contributed by atoms with van der Waals surface area (Å²) in [6.45, 7) is 15.3. The van der Waals surface area contributed by atoms with Gasteiger partial charge in [-0.2, -0.15) is 12.8 Å². The Balaban J connectivity index is 0.00000254. The van der Waals surface area contributed by atoms with E-state index in [9.17, 15) is 46.4 Å². The van der Waals surface area contributed by atoms with Gasteiger partial charge in [-0.3, -0.25) is 0 Å². The average molecular weight is 1470 g/mol. The van der Waals surface area contributed by atoms with Crippen LogP contribution in [-0.2, 0) is 33.3 Å². The molecule has 0 aromatic heterocycles. The fourth-order valence-corrected chi connectivity index (χ4v) is 13.4. The summed E-state index contributed by atoms with van der Waals surface area (Å²) < 4.78 is 1.16. The third-order valence-corrected chi connectivity index (χ3v) is 19.8. The quantitative estimate of drug-likeness (QED) is 0.0106. The Morgan fingerprint density at radius 1 is 0.364 bits per heavy atom. The van der Waals surface area contributed by atoms with Crippen LogP contribution >= 0.6 is 0 Å². The number of hydrogen-bond donors (Lipinski definition) is 8. The fraction of sp³-hybridized carbons (Fsp3) is 0.773. The summed E-state index contributed by atoms with van der Waals surface area (Å²) in [5.41, 5.74) is 17.4. The van der Waals surface area contributed by atoms with Crippen LogP contribution < -0.4 is 0 Å². The molecule has 1 aliphatic rings. The van der Waals surface area contributed by atoms with Crippen molar-refractivity contribution >= 4 is 11.4 Å². The third kappa shape index (κ3) is 49.7. The molecule has 0 bridgehead atoms. The van der Waals surface area contributed by atoms with Crippen LogP contribution in [0.2, 0.25) is 0 Å². The first-order chi connectivity index (χ1) is 47.9. The Hall–Kier alpha value is -2.58. The molecule has 0 saturated heterocycles. The topological polar surface area (TPSA) is 187 Å². The van der Waals surface area contributed by atoms with Crippen LogP contribution in [0.3, 0.4) is 0 Å². The molecule has 0 aliphatic carbocycles. The van der Waals surface area contributed by atoms with Gasteiger partial charge in [-0.1, -0.05) is 372 Å². The Kier molecular flexibility index (Phi) is 68.0. The van der Waals surface area contributed by atoms with E-state index < -0.39 is 49.8 Å². The molecule has 1 aliphatic heterocycles. The van der Waals surface area contributed by atoms with Crippen LogP contribution in [-0.4, -0.2) is 95.4 Å². The molecule has 0 saturated carbocycles. The SMILES string of the molecule is CCCCCCCCCCCCCCCCCCCCCCCCCCC#CC1=C(c2cccc(CC(O)C(O)C(O)CO)c2)[N+](=[N-])C(c2cccc(CC(O)C(O)C(O)CO)c2)=C1CCCC.[CH2-]CCCCCCCCCCCCCC.[CH2-]CCCCCCCCCCCCCC.[Pd+2]. The largest absolute Gasteiger partial charge is 2.00 e. The summed E-state index contributed by atoms with van der Waals surface area (Å²) in [6, 6.07) is 14.6. The Labute approximate surface area is 623 Å². The first kappa shape index (κ1) is 96.4. The van der Waals surface area contributed by atoms with Crippen LogP contribution in [0, 0.1) is 25.7 Å². The van der Waals surface area contributed by atoms with Gasteiger partial charge in [0.25, 0.3) is 0 Å². The summed E-state index contributed by atoms with van der Waals surface area (Å²) in [5, 5.41) is 80.6. The van der Waals surface area contributed by atoms with E-state index in [1.165, 1.54) is 295 Å². The first-order valence-corrected chi connectivity index (χ1v) is 41.4. The molecule has 0 fully saturated rings. The molecule has 0 amide bonds. The van der Waals surface area contributed by atoms with E-state index >= 15 is 0 Å². The molecule has 1 heterocycles. The van der Waals surface area contributed by atoms with E-state index in [0.717, 1.165) is 48.8 Å². The number of aliphatic hydroxyl groups is 8. The van der Waals surface area contributed by atoms with Crippen LogP contribution in [0.1, 0.15) is 397 Å². The van der Waals surface area contributed by atoms with Crippen molar-refractivity contribution < 1.29 is 66.0 Å². The predicted molar refractivity (Wildman–Crippen MR) is 418 cm³/mol. The zero-order valence-electron chi connectivity index (χ0n) is 64.3. The van der Waals surface area contributed by atoms with Crippen LogP contribution in [0.5, 0.6) is 0 Å². The van der Waals surface area contributed by atoms with Crippen molar-refractivity contribution in [1.29, 1.82) is 0 Å². The van der Waals surface area contributed by atoms with Crippen molar-refractivity contribution in [3.8, 4) is 11.8 Å². The predicted octanol–water partition coefficient (Wildman–Crippen LogP) is 22.9. The average Bonchev–Trinajstić information content (AvgIpc) is 1.62. The standard InChI is InChI=1S/C58H92N2O8.2C15H31.Pd/c1-3-5-7-8-9-10-11-12-13-14-15-16-17-18-19-20-21-22-23-24-25-26-27-28-29-30-38-50-49(37-6-4-2)55(47-35-31-33-45(39-47)41-51(63)57(67)53(65)43-61)60(59)56(50)48-36-32-34-46(40-48)42-52(64)58(68)54(66)44-62;2*1-3-5-7-9-11-13-15-14-12-10-8-6-4-2;/h31-36,39-40,51-54,57-58,61-68H,3-29,37,41-44H2,1-2H3;2*1,3-15H2,2H3;/q;2*-1;+2. The van der Waals surface area contributed by atoms with Crippen molar-refractivity contribution in [2.45, 2.75) is 424 Å². The minimum Gasteiger partial charge on any atom is -0.493 e. The van der Waals surface area contributed by atoms with Gasteiger partial charge in [0.1, 0.15) is 30.0 Å². The molecule has 574 valence electrons. The Bertz CT molecular complexity index is 2230. The Morgan fingerprint density at radius 3 is 0.919 bits per heavy atom. The molecular formula is C88H154N2O8Pd. The number of unbranched alkanes of at least 4 members (excludes halogenated alkanes) is 49. The third-order valence-electron chi connectivity index (χ3n) is 19.8. The van der Waals surface area contributed by atoms with Gasteiger partial charge in [-0.25, -0.2) is 4.70 Å². The fourth-order valence-electron chi connectivity index (χ4n) is 13.4. The molecule has 8 N–H and O–H groups in total. The van der Waals surface area contributed by atoms with E-state index in [1.54, 1.807) is 18.2 Å². The second kappa shape index (κ2) is 69.8. The van der Waals surface area contributed by atoms with E-state index in [-0.39, 0.29) is 33.3 Å². The van der Waals surface area contributed by atoms with E-state index in [2.05, 4.69) is 53.4 Å². The van der Waals surface area contributed by atoms with Gasteiger partial charge < -0.3 is 60.2 Å². The number of rotatable bonds is 63. The van der Waals surface area contributed by atoms with Crippen molar-refractivity contribution in [3.63, 3.8) is 0 Å². The Morgan fingerprint density at radius 2 is 0.636 bits per heavy atom. The molecule has 0 radical (unpaired) electrons. The second-order valence-electron chi connectivity index (χ2n) is 29.1. The van der Waals surface area contributed by atoms with Gasteiger partial charge >= 0.3 is 20.4 Å². The summed E-state index contributed by atoms with van der Waals surface area (Å²) in [4.78, 5) is 0. The first-order valence-electron chi connectivity index (χ1n) is 41.4. The maximum absolute atomic E-state index is 12.2. The zero-order chi connectivity index (χ0) is 71.7.